The number of primary sulfonamides is 1. The highest BCUT2D eigenvalue weighted by Crippen LogP contribution is 2.15. The van der Waals surface area contributed by atoms with Crippen LogP contribution >= 0.6 is 0 Å². The summed E-state index contributed by atoms with van der Waals surface area (Å²) in [4.78, 5) is 11.8. The van der Waals surface area contributed by atoms with Gasteiger partial charge in [0.1, 0.15) is 5.75 Å². The Morgan fingerprint density at radius 3 is 2.30 bits per heavy atom. The molecule has 0 bridgehead atoms. The van der Waals surface area contributed by atoms with Gasteiger partial charge in [0, 0.05) is 12.6 Å². The van der Waals surface area contributed by atoms with Crippen LogP contribution in [0.5, 0.6) is 5.75 Å². The van der Waals surface area contributed by atoms with Gasteiger partial charge in [0.2, 0.25) is 15.9 Å². The third-order valence-corrected chi connectivity index (χ3v) is 4.43. The summed E-state index contributed by atoms with van der Waals surface area (Å²) in [5.41, 5.74) is 1.51. The highest BCUT2D eigenvalue weighted by molar-refractivity contribution is 7.89. The van der Waals surface area contributed by atoms with Crippen molar-refractivity contribution in [1.29, 1.82) is 0 Å². The lowest BCUT2D eigenvalue weighted by atomic mass is 10.1. The van der Waals surface area contributed by atoms with Crippen LogP contribution in [0.1, 0.15) is 11.1 Å². The minimum atomic E-state index is -3.72. The first-order valence-electron chi connectivity index (χ1n) is 7.86. The molecule has 27 heavy (non-hydrogen) atoms. The standard InChI is InChI=1S/C18H18F2N2O4S/c19-18(20)26-15-6-1-13(2-7-15)5-10-17(23)22-12-11-14-3-8-16(9-4-14)27(21,24)25/h1-10,18H,11-12H2,(H,22,23)(H2,21,24,25)/b10-5+. The van der Waals surface area contributed by atoms with E-state index in [0.29, 0.717) is 18.5 Å². The molecular weight excluding hydrogens is 378 g/mol. The molecule has 0 unspecified atom stereocenters. The Labute approximate surface area is 155 Å². The van der Waals surface area contributed by atoms with E-state index >= 15 is 0 Å². The van der Waals surface area contributed by atoms with Gasteiger partial charge >= 0.3 is 6.61 Å². The molecule has 9 heteroatoms. The molecule has 0 saturated carbocycles. The fourth-order valence-electron chi connectivity index (χ4n) is 2.17. The average Bonchev–Trinajstić information content (AvgIpc) is 2.60. The Bertz CT molecular complexity index is 896. The topological polar surface area (TPSA) is 98.5 Å². The minimum Gasteiger partial charge on any atom is -0.435 e. The molecule has 0 radical (unpaired) electrons. The van der Waals surface area contributed by atoms with Gasteiger partial charge in [-0.05, 0) is 47.9 Å². The van der Waals surface area contributed by atoms with Crippen molar-refractivity contribution in [2.75, 3.05) is 6.54 Å². The van der Waals surface area contributed by atoms with E-state index in [-0.39, 0.29) is 16.6 Å². The van der Waals surface area contributed by atoms with Crippen molar-refractivity contribution in [2.45, 2.75) is 17.9 Å². The molecule has 0 atom stereocenters. The number of halogens is 2. The van der Waals surface area contributed by atoms with E-state index in [1.165, 1.54) is 30.3 Å². The summed E-state index contributed by atoms with van der Waals surface area (Å²) in [6.45, 7) is -2.52. The molecule has 2 rings (SSSR count). The van der Waals surface area contributed by atoms with Crippen LogP contribution in [-0.4, -0.2) is 27.5 Å². The molecule has 2 aromatic rings. The van der Waals surface area contributed by atoms with Gasteiger partial charge in [0.05, 0.1) is 4.90 Å². The second-order valence-electron chi connectivity index (χ2n) is 5.51. The van der Waals surface area contributed by atoms with Crippen LogP contribution in [0.2, 0.25) is 0 Å². The summed E-state index contributed by atoms with van der Waals surface area (Å²) >= 11 is 0. The molecule has 0 aliphatic rings. The summed E-state index contributed by atoms with van der Waals surface area (Å²) in [5.74, 6) is -0.274. The van der Waals surface area contributed by atoms with Crippen LogP contribution in [0.25, 0.3) is 6.08 Å². The van der Waals surface area contributed by atoms with Gasteiger partial charge in [-0.3, -0.25) is 4.79 Å². The number of hydrogen-bond acceptors (Lipinski definition) is 4. The maximum atomic E-state index is 12.1. The number of rotatable bonds is 8. The molecule has 2 aromatic carbocycles. The van der Waals surface area contributed by atoms with Crippen molar-refractivity contribution in [1.82, 2.24) is 5.32 Å². The van der Waals surface area contributed by atoms with Gasteiger partial charge < -0.3 is 10.1 Å². The monoisotopic (exact) mass is 396 g/mol. The normalized spacial score (nSPS) is 11.7. The van der Waals surface area contributed by atoms with Crippen molar-refractivity contribution >= 4 is 22.0 Å². The molecule has 144 valence electrons. The van der Waals surface area contributed by atoms with Gasteiger partial charge in [0.25, 0.3) is 0 Å². The number of ether oxygens (including phenoxy) is 1. The molecule has 3 N–H and O–H groups in total. The lowest BCUT2D eigenvalue weighted by Gasteiger charge is -2.05. The summed E-state index contributed by atoms with van der Waals surface area (Å²) in [5, 5.41) is 7.72. The van der Waals surface area contributed by atoms with Crippen LogP contribution in [-0.2, 0) is 21.2 Å². The third kappa shape index (κ3) is 7.16. The van der Waals surface area contributed by atoms with Crippen LogP contribution in [0.4, 0.5) is 8.78 Å². The Morgan fingerprint density at radius 2 is 1.74 bits per heavy atom. The highest BCUT2D eigenvalue weighted by atomic mass is 32.2. The number of carbonyl (C=O) groups excluding carboxylic acids is 1. The van der Waals surface area contributed by atoms with Crippen LogP contribution in [0.15, 0.2) is 59.5 Å². The van der Waals surface area contributed by atoms with Crippen LogP contribution in [0, 0.1) is 0 Å². The van der Waals surface area contributed by atoms with Crippen molar-refractivity contribution < 1.29 is 26.7 Å². The zero-order valence-electron chi connectivity index (χ0n) is 14.1. The quantitative estimate of drug-likeness (QED) is 0.669. The summed E-state index contributed by atoms with van der Waals surface area (Å²) in [7, 11) is -3.72. The fourth-order valence-corrected chi connectivity index (χ4v) is 2.68. The van der Waals surface area contributed by atoms with E-state index < -0.39 is 16.6 Å². The second-order valence-corrected chi connectivity index (χ2v) is 7.07. The average molecular weight is 396 g/mol. The lowest BCUT2D eigenvalue weighted by molar-refractivity contribution is -0.116. The van der Waals surface area contributed by atoms with Crippen molar-refractivity contribution in [2.24, 2.45) is 5.14 Å². The maximum absolute atomic E-state index is 12.1. The second kappa shape index (κ2) is 9.24. The predicted octanol–water partition coefficient (Wildman–Crippen LogP) is 2.31. The molecule has 6 nitrogen and oxygen atoms in total. The number of hydrogen-bond donors (Lipinski definition) is 2. The summed E-state index contributed by atoms with van der Waals surface area (Å²) < 4.78 is 50.7. The first-order chi connectivity index (χ1) is 12.7. The zero-order chi connectivity index (χ0) is 19.9. The number of nitrogens with two attached hydrogens (primary N) is 1. The van der Waals surface area contributed by atoms with E-state index in [1.807, 2.05) is 0 Å². The van der Waals surface area contributed by atoms with Crippen molar-refractivity contribution in [3.05, 3.63) is 65.7 Å². The van der Waals surface area contributed by atoms with E-state index in [4.69, 9.17) is 5.14 Å². The maximum Gasteiger partial charge on any atom is 0.387 e. The molecule has 0 fully saturated rings. The first-order valence-corrected chi connectivity index (χ1v) is 9.41. The number of benzene rings is 2. The van der Waals surface area contributed by atoms with Crippen LogP contribution < -0.4 is 15.2 Å². The van der Waals surface area contributed by atoms with Gasteiger partial charge in [0.15, 0.2) is 0 Å². The number of nitrogens with one attached hydrogen (secondary N) is 1. The largest absolute Gasteiger partial charge is 0.435 e. The smallest absolute Gasteiger partial charge is 0.387 e. The van der Waals surface area contributed by atoms with Gasteiger partial charge in [-0.1, -0.05) is 24.3 Å². The highest BCUT2D eigenvalue weighted by Gasteiger charge is 2.06. The minimum absolute atomic E-state index is 0.0307. The van der Waals surface area contributed by atoms with Gasteiger partial charge in [-0.2, -0.15) is 8.78 Å². The predicted molar refractivity (Wildman–Crippen MR) is 96.6 cm³/mol. The molecule has 0 aromatic heterocycles. The Balaban J connectivity index is 1.79. The number of amides is 1. The molecule has 0 spiro atoms. The van der Waals surface area contributed by atoms with E-state index in [1.54, 1.807) is 30.3 Å². The SMILES string of the molecule is NS(=O)(=O)c1ccc(CCNC(=O)/C=C/c2ccc(OC(F)F)cc2)cc1. The Morgan fingerprint density at radius 1 is 1.11 bits per heavy atom. The number of sulfonamides is 1. The summed E-state index contributed by atoms with van der Waals surface area (Å²) in [6, 6.07) is 11.9. The van der Waals surface area contributed by atoms with Gasteiger partial charge in [-0.25, -0.2) is 13.6 Å². The zero-order valence-corrected chi connectivity index (χ0v) is 15.0. The van der Waals surface area contributed by atoms with E-state index in [9.17, 15) is 22.0 Å². The first kappa shape index (κ1) is 20.5. The molecule has 0 aliphatic heterocycles. The Kier molecular flexibility index (Phi) is 7.03. The summed E-state index contributed by atoms with van der Waals surface area (Å²) in [6.07, 6.45) is 3.39. The van der Waals surface area contributed by atoms with Crippen LogP contribution in [0.3, 0.4) is 0 Å². The van der Waals surface area contributed by atoms with Crippen molar-refractivity contribution in [3.63, 3.8) is 0 Å². The van der Waals surface area contributed by atoms with E-state index in [0.717, 1.165) is 5.56 Å². The van der Waals surface area contributed by atoms with Gasteiger partial charge in [-0.15, -0.1) is 0 Å². The lowest BCUT2D eigenvalue weighted by Crippen LogP contribution is -2.23. The molecule has 0 aliphatic carbocycles. The number of carbonyl (C=O) groups is 1. The third-order valence-electron chi connectivity index (χ3n) is 3.50. The molecular formula is C18H18F2N2O4S. The molecule has 0 heterocycles. The molecule has 0 saturated heterocycles. The fraction of sp³-hybridized carbons (Fsp3) is 0.167. The van der Waals surface area contributed by atoms with Crippen molar-refractivity contribution in [3.8, 4) is 5.75 Å². The Hall–Kier alpha value is -2.78. The van der Waals surface area contributed by atoms with E-state index in [2.05, 4.69) is 10.1 Å². The number of alkyl halides is 2. The molecule has 1 amide bonds.